The summed E-state index contributed by atoms with van der Waals surface area (Å²) in [4.78, 5) is 0. The minimum atomic E-state index is -4.22. The largest absolute Gasteiger partial charge is 0.604 e. The van der Waals surface area contributed by atoms with Gasteiger partial charge in [0.25, 0.3) is 5.51 Å². The first-order valence-electron chi connectivity index (χ1n) is 2.51. The summed E-state index contributed by atoms with van der Waals surface area (Å²) >= 11 is 0.985. The first kappa shape index (κ1) is 8.79. The molecule has 0 saturated carbocycles. The number of halogens is 3. The molecule has 1 heterocycles. The number of thioether (sulfide) groups is 1. The van der Waals surface area contributed by atoms with Crippen LogP contribution in [-0.2, 0) is 5.51 Å². The van der Waals surface area contributed by atoms with Gasteiger partial charge in [0.05, 0.1) is 0 Å². The summed E-state index contributed by atoms with van der Waals surface area (Å²) in [5, 5.41) is 6.56. The van der Waals surface area contributed by atoms with Crippen molar-refractivity contribution in [2.75, 3.05) is 6.26 Å². The fraction of sp³-hybridized carbons (Fsp3) is 0.500. The van der Waals surface area contributed by atoms with E-state index in [9.17, 15) is 13.2 Å². The normalized spacial score (nSPS) is 13.6. The van der Waals surface area contributed by atoms with Crippen molar-refractivity contribution in [1.82, 2.24) is 10.2 Å². The van der Waals surface area contributed by atoms with Crippen molar-refractivity contribution in [3.63, 3.8) is 0 Å². The summed E-state index contributed by atoms with van der Waals surface area (Å²) < 4.78 is 36.1. The van der Waals surface area contributed by atoms with Crippen LogP contribution in [0.15, 0.2) is 9.85 Å². The van der Waals surface area contributed by atoms with Gasteiger partial charge in [0.15, 0.2) is 0 Å². The van der Waals surface area contributed by atoms with Crippen LogP contribution < -0.4 is 0 Å². The number of rotatable bonds is 1. The number of hydrogen-bond acceptors (Lipinski definition) is 3. The molecule has 0 aliphatic heterocycles. The van der Waals surface area contributed by atoms with E-state index in [4.69, 9.17) is 0 Å². The van der Waals surface area contributed by atoms with Crippen molar-refractivity contribution < 1.29 is 13.2 Å². The molecular formula is C4H4F3N2S2+. The van der Waals surface area contributed by atoms with E-state index in [1.54, 1.807) is 6.26 Å². The number of aromatic nitrogens is 2. The monoisotopic (exact) mass is 201 g/mol. The topological polar surface area (TPSA) is 25.8 Å². The predicted octanol–water partition coefficient (Wildman–Crippen LogP) is 2.42. The van der Waals surface area contributed by atoms with Crippen LogP contribution in [0.2, 0.25) is 0 Å². The molecule has 62 valence electrons. The molecule has 11 heavy (non-hydrogen) atoms. The minimum Gasteiger partial charge on any atom is -0.118 e. The Bertz CT molecular complexity index is 244. The van der Waals surface area contributed by atoms with Gasteiger partial charge in [-0.25, -0.2) is 0 Å². The van der Waals surface area contributed by atoms with E-state index in [1.807, 2.05) is 0 Å². The van der Waals surface area contributed by atoms with Gasteiger partial charge in [0.1, 0.15) is 10.5 Å². The smallest absolute Gasteiger partial charge is 0.118 e. The number of hydrogen-bond donors (Lipinski definition) is 0. The van der Waals surface area contributed by atoms with Crippen molar-refractivity contribution in [2.24, 2.45) is 0 Å². The summed E-state index contributed by atoms with van der Waals surface area (Å²) in [6.45, 7) is 0. The quantitative estimate of drug-likeness (QED) is 0.515. The fourth-order valence-electron chi connectivity index (χ4n) is 0.496. The second-order valence-electron chi connectivity index (χ2n) is 1.57. The Morgan fingerprint density at radius 1 is 1.55 bits per heavy atom. The second-order valence-corrected chi connectivity index (χ2v) is 4.36. The fourth-order valence-corrected chi connectivity index (χ4v) is 2.44. The third kappa shape index (κ3) is 1.84. The van der Waals surface area contributed by atoms with Crippen LogP contribution in [0.1, 0.15) is 0 Å². The van der Waals surface area contributed by atoms with Crippen molar-refractivity contribution in [1.29, 1.82) is 0 Å². The molecule has 1 aromatic heterocycles. The maximum Gasteiger partial charge on any atom is 0.604 e. The molecule has 2 nitrogen and oxygen atoms in total. The molecule has 1 atom stereocenters. The molecule has 0 N–H and O–H groups in total. The molecule has 0 spiro atoms. The average molecular weight is 201 g/mol. The van der Waals surface area contributed by atoms with E-state index in [0.29, 0.717) is 0 Å². The van der Waals surface area contributed by atoms with Gasteiger partial charge < -0.3 is 0 Å². The lowest BCUT2D eigenvalue weighted by Crippen LogP contribution is -1.95. The van der Waals surface area contributed by atoms with Crippen molar-refractivity contribution >= 4 is 22.2 Å². The highest BCUT2D eigenvalue weighted by Gasteiger charge is 2.47. The molecule has 0 radical (unpaired) electrons. The van der Waals surface area contributed by atoms with Gasteiger partial charge in [-0.1, -0.05) is 10.2 Å². The maximum atomic E-state index is 12.0. The van der Waals surface area contributed by atoms with E-state index < -0.39 is 16.0 Å². The summed E-state index contributed by atoms with van der Waals surface area (Å²) in [5.41, 5.74) is -3.38. The van der Waals surface area contributed by atoms with Gasteiger partial charge in [-0.2, -0.15) is 0 Å². The van der Waals surface area contributed by atoms with Crippen LogP contribution in [0.5, 0.6) is 0 Å². The van der Waals surface area contributed by atoms with Crippen molar-refractivity contribution in [3.8, 4) is 0 Å². The molecule has 0 bridgehead atoms. The van der Waals surface area contributed by atoms with Gasteiger partial charge in [-0.15, -0.1) is 13.2 Å². The Morgan fingerprint density at radius 2 is 2.18 bits per heavy atom. The minimum absolute atomic E-state index is 0.0394. The Kier molecular flexibility index (Phi) is 2.38. The second kappa shape index (κ2) is 2.98. The average Bonchev–Trinajstić information content (AvgIpc) is 2.31. The molecule has 0 aliphatic carbocycles. The highest BCUT2D eigenvalue weighted by atomic mass is 32.2. The van der Waals surface area contributed by atoms with Crippen molar-refractivity contribution in [2.45, 2.75) is 9.85 Å². The summed E-state index contributed by atoms with van der Waals surface area (Å²) in [6, 6.07) is 0. The lowest BCUT2D eigenvalue weighted by Gasteiger charge is -1.92. The predicted molar refractivity (Wildman–Crippen MR) is 37.6 cm³/mol. The van der Waals surface area contributed by atoms with Crippen LogP contribution in [0.25, 0.3) is 0 Å². The number of nitrogens with zero attached hydrogens (tertiary/aromatic N) is 2. The van der Waals surface area contributed by atoms with Gasteiger partial charge >= 0.3 is 9.85 Å². The van der Waals surface area contributed by atoms with Crippen LogP contribution in [0, 0.1) is 0 Å². The summed E-state index contributed by atoms with van der Waals surface area (Å²) in [6.07, 6.45) is 1.55. The van der Waals surface area contributed by atoms with Crippen LogP contribution in [0.4, 0.5) is 13.2 Å². The number of alkyl halides is 3. The Labute approximate surface area is 67.8 Å². The van der Waals surface area contributed by atoms with E-state index in [-0.39, 0.29) is 4.34 Å². The van der Waals surface area contributed by atoms with Gasteiger partial charge in [0.2, 0.25) is 0 Å². The lowest BCUT2D eigenvalue weighted by molar-refractivity contribution is -0.0875. The standard InChI is InChI=1S/C4H4F3N2S2/c1-10-3-9-8-2-11(3)4(5,6)7/h2H,1H3/q+1. The zero-order valence-corrected chi connectivity index (χ0v) is 7.06. The SMILES string of the molecule is CSc1nnc[s+]1C(F)(F)F. The molecular weight excluding hydrogens is 197 g/mol. The Hall–Kier alpha value is -0.300. The van der Waals surface area contributed by atoms with Crippen LogP contribution in [0.3, 0.4) is 0 Å². The Morgan fingerprint density at radius 3 is 2.55 bits per heavy atom. The highest BCUT2D eigenvalue weighted by molar-refractivity contribution is 8.00. The molecule has 0 aromatic carbocycles. The van der Waals surface area contributed by atoms with E-state index in [2.05, 4.69) is 10.2 Å². The third-order valence-electron chi connectivity index (χ3n) is 0.904. The van der Waals surface area contributed by atoms with Gasteiger partial charge in [-0.05, 0) is 18.0 Å². The summed E-state index contributed by atoms with van der Waals surface area (Å²) in [5.74, 6) is 0. The van der Waals surface area contributed by atoms with Gasteiger partial charge in [0, 0.05) is 0 Å². The third-order valence-corrected chi connectivity index (χ3v) is 3.64. The first-order chi connectivity index (χ1) is 5.05. The molecule has 0 saturated heterocycles. The van der Waals surface area contributed by atoms with Crippen molar-refractivity contribution in [3.05, 3.63) is 5.51 Å². The molecule has 0 fully saturated rings. The molecule has 1 rings (SSSR count). The first-order valence-corrected chi connectivity index (χ1v) is 5.02. The molecule has 0 aliphatic rings. The molecule has 1 aromatic rings. The van der Waals surface area contributed by atoms with E-state index >= 15 is 0 Å². The lowest BCUT2D eigenvalue weighted by atomic mass is 11.5. The van der Waals surface area contributed by atoms with E-state index in [0.717, 1.165) is 17.3 Å². The zero-order chi connectivity index (χ0) is 8.48. The Balaban J connectivity index is 3.02. The molecule has 1 unspecified atom stereocenters. The summed E-state index contributed by atoms with van der Waals surface area (Å²) in [7, 11) is -1.86. The maximum absolute atomic E-state index is 12.0. The van der Waals surface area contributed by atoms with Crippen LogP contribution in [-0.4, -0.2) is 16.5 Å². The zero-order valence-electron chi connectivity index (χ0n) is 5.42. The van der Waals surface area contributed by atoms with E-state index in [1.165, 1.54) is 0 Å². The molecule has 0 amide bonds. The molecule has 7 heteroatoms. The van der Waals surface area contributed by atoms with Crippen LogP contribution >= 0.6 is 22.2 Å². The van der Waals surface area contributed by atoms with Gasteiger partial charge in [-0.3, -0.25) is 0 Å². The highest BCUT2D eigenvalue weighted by Crippen LogP contribution is 2.45.